The van der Waals surface area contributed by atoms with Crippen molar-refractivity contribution in [2.24, 2.45) is 5.73 Å². The van der Waals surface area contributed by atoms with E-state index < -0.39 is 4.92 Å². The average molecular weight is 273 g/mol. The summed E-state index contributed by atoms with van der Waals surface area (Å²) in [4.78, 5) is 10.3. The van der Waals surface area contributed by atoms with Gasteiger partial charge in [-0.15, -0.1) is 0 Å². The van der Waals surface area contributed by atoms with Gasteiger partial charge in [0.05, 0.1) is 4.92 Å². The summed E-state index contributed by atoms with van der Waals surface area (Å²) >= 11 is 0. The third kappa shape index (κ3) is 3.69. The van der Waals surface area contributed by atoms with Crippen molar-refractivity contribution in [3.05, 3.63) is 58.6 Å². The molecule has 0 saturated carbocycles. The van der Waals surface area contributed by atoms with Crippen molar-refractivity contribution < 1.29 is 9.66 Å². The van der Waals surface area contributed by atoms with Crippen LogP contribution in [0.5, 0.6) is 5.75 Å². The van der Waals surface area contributed by atoms with Gasteiger partial charge in [0.25, 0.3) is 5.69 Å². The molecule has 0 heterocycles. The summed E-state index contributed by atoms with van der Waals surface area (Å²) in [6.45, 7) is 0.892. The first kappa shape index (κ1) is 13.8. The quantitative estimate of drug-likeness (QED) is 0.623. The van der Waals surface area contributed by atoms with Crippen LogP contribution in [-0.4, -0.2) is 18.1 Å². The van der Waals surface area contributed by atoms with E-state index in [9.17, 15) is 10.1 Å². The van der Waals surface area contributed by atoms with E-state index in [1.807, 2.05) is 24.3 Å². The SMILES string of the molecule is NCCOc1cccc(Nc2cccc([N+](=O)[O-])c2)c1. The highest BCUT2D eigenvalue weighted by atomic mass is 16.6. The van der Waals surface area contributed by atoms with Gasteiger partial charge >= 0.3 is 0 Å². The Morgan fingerprint density at radius 1 is 1.15 bits per heavy atom. The minimum Gasteiger partial charge on any atom is -0.492 e. The molecule has 0 aromatic heterocycles. The standard InChI is InChI=1S/C14H15N3O3/c15-7-8-20-14-6-2-4-12(10-14)16-11-3-1-5-13(9-11)17(18)19/h1-6,9-10,16H,7-8,15H2. The van der Waals surface area contributed by atoms with Gasteiger partial charge in [-0.1, -0.05) is 12.1 Å². The summed E-state index contributed by atoms with van der Waals surface area (Å²) in [7, 11) is 0. The molecular formula is C14H15N3O3. The van der Waals surface area contributed by atoms with Crippen molar-refractivity contribution in [2.75, 3.05) is 18.5 Å². The van der Waals surface area contributed by atoms with Gasteiger partial charge < -0.3 is 15.8 Å². The van der Waals surface area contributed by atoms with Crippen LogP contribution in [0.15, 0.2) is 48.5 Å². The number of hydrogen-bond donors (Lipinski definition) is 2. The van der Waals surface area contributed by atoms with Crippen LogP contribution in [-0.2, 0) is 0 Å². The highest BCUT2D eigenvalue weighted by Gasteiger charge is 2.05. The van der Waals surface area contributed by atoms with Gasteiger partial charge in [-0.3, -0.25) is 10.1 Å². The molecule has 0 amide bonds. The van der Waals surface area contributed by atoms with Crippen LogP contribution in [0.2, 0.25) is 0 Å². The first-order valence-electron chi connectivity index (χ1n) is 6.13. The van der Waals surface area contributed by atoms with Crippen LogP contribution in [0, 0.1) is 10.1 Å². The lowest BCUT2D eigenvalue weighted by molar-refractivity contribution is -0.384. The molecule has 0 aliphatic carbocycles. The first-order chi connectivity index (χ1) is 9.69. The normalized spacial score (nSPS) is 10.1. The molecule has 0 spiro atoms. The molecule has 0 unspecified atom stereocenters. The Morgan fingerprint density at radius 2 is 1.85 bits per heavy atom. The Hall–Kier alpha value is -2.60. The van der Waals surface area contributed by atoms with Crippen LogP contribution in [0.1, 0.15) is 0 Å². The molecule has 0 aliphatic rings. The number of ether oxygens (including phenoxy) is 1. The van der Waals surface area contributed by atoms with Gasteiger partial charge in [-0.05, 0) is 18.2 Å². The van der Waals surface area contributed by atoms with Crippen molar-refractivity contribution in [1.29, 1.82) is 0 Å². The number of rotatable bonds is 6. The van der Waals surface area contributed by atoms with E-state index in [0.29, 0.717) is 24.6 Å². The molecule has 0 saturated heterocycles. The van der Waals surface area contributed by atoms with Crippen LogP contribution >= 0.6 is 0 Å². The fourth-order valence-corrected chi connectivity index (χ4v) is 1.70. The summed E-state index contributed by atoms with van der Waals surface area (Å²) in [6.07, 6.45) is 0. The molecule has 2 aromatic rings. The lowest BCUT2D eigenvalue weighted by Gasteiger charge is -2.09. The van der Waals surface area contributed by atoms with Gasteiger partial charge in [-0.25, -0.2) is 0 Å². The monoisotopic (exact) mass is 273 g/mol. The molecule has 2 rings (SSSR count). The molecule has 0 radical (unpaired) electrons. The minimum atomic E-state index is -0.425. The van der Waals surface area contributed by atoms with Crippen molar-refractivity contribution in [3.63, 3.8) is 0 Å². The van der Waals surface area contributed by atoms with Crippen LogP contribution < -0.4 is 15.8 Å². The first-order valence-corrected chi connectivity index (χ1v) is 6.13. The fraction of sp³-hybridized carbons (Fsp3) is 0.143. The highest BCUT2D eigenvalue weighted by molar-refractivity contribution is 5.63. The van der Waals surface area contributed by atoms with Crippen LogP contribution in [0.25, 0.3) is 0 Å². The Labute approximate surface area is 116 Å². The number of hydrogen-bond acceptors (Lipinski definition) is 5. The van der Waals surface area contributed by atoms with Crippen molar-refractivity contribution >= 4 is 17.1 Å². The highest BCUT2D eigenvalue weighted by Crippen LogP contribution is 2.24. The topological polar surface area (TPSA) is 90.4 Å². The zero-order valence-corrected chi connectivity index (χ0v) is 10.8. The van der Waals surface area contributed by atoms with Gasteiger partial charge in [-0.2, -0.15) is 0 Å². The molecule has 0 bridgehead atoms. The van der Waals surface area contributed by atoms with Crippen molar-refractivity contribution in [3.8, 4) is 5.75 Å². The molecule has 20 heavy (non-hydrogen) atoms. The summed E-state index contributed by atoms with van der Waals surface area (Å²) in [6, 6.07) is 13.7. The molecule has 2 aromatic carbocycles. The van der Waals surface area contributed by atoms with E-state index in [1.165, 1.54) is 12.1 Å². The Morgan fingerprint density at radius 3 is 2.55 bits per heavy atom. The van der Waals surface area contributed by atoms with E-state index >= 15 is 0 Å². The van der Waals surface area contributed by atoms with Gasteiger partial charge in [0, 0.05) is 36.1 Å². The third-order valence-electron chi connectivity index (χ3n) is 2.57. The number of nitrogens with zero attached hydrogens (tertiary/aromatic N) is 1. The number of nitrogens with one attached hydrogen (secondary N) is 1. The van der Waals surface area contributed by atoms with Gasteiger partial charge in [0.1, 0.15) is 12.4 Å². The lowest BCUT2D eigenvalue weighted by atomic mass is 10.2. The Balaban J connectivity index is 2.13. The number of nitrogens with two attached hydrogens (primary N) is 1. The van der Waals surface area contributed by atoms with E-state index in [-0.39, 0.29) is 5.69 Å². The number of benzene rings is 2. The minimum absolute atomic E-state index is 0.0468. The van der Waals surface area contributed by atoms with E-state index in [2.05, 4.69) is 5.32 Å². The van der Waals surface area contributed by atoms with E-state index in [4.69, 9.17) is 10.5 Å². The van der Waals surface area contributed by atoms with Crippen molar-refractivity contribution in [2.45, 2.75) is 0 Å². The predicted octanol–water partition coefficient (Wildman–Crippen LogP) is 2.68. The largest absolute Gasteiger partial charge is 0.492 e. The molecule has 3 N–H and O–H groups in total. The second-order valence-corrected chi connectivity index (χ2v) is 4.10. The van der Waals surface area contributed by atoms with Crippen LogP contribution in [0.4, 0.5) is 17.1 Å². The number of nitro benzene ring substituents is 1. The fourth-order valence-electron chi connectivity index (χ4n) is 1.70. The van der Waals surface area contributed by atoms with Gasteiger partial charge in [0.2, 0.25) is 0 Å². The summed E-state index contributed by atoms with van der Waals surface area (Å²) in [5.74, 6) is 0.700. The summed E-state index contributed by atoms with van der Waals surface area (Å²) in [5, 5.41) is 13.8. The lowest BCUT2D eigenvalue weighted by Crippen LogP contribution is -2.10. The summed E-state index contributed by atoms with van der Waals surface area (Å²) in [5.41, 5.74) is 6.87. The van der Waals surface area contributed by atoms with Crippen LogP contribution in [0.3, 0.4) is 0 Å². The molecule has 0 fully saturated rings. The number of anilines is 2. The Bertz CT molecular complexity index is 602. The van der Waals surface area contributed by atoms with Crippen molar-refractivity contribution in [1.82, 2.24) is 0 Å². The maximum absolute atomic E-state index is 10.7. The maximum Gasteiger partial charge on any atom is 0.271 e. The smallest absolute Gasteiger partial charge is 0.271 e. The zero-order valence-electron chi connectivity index (χ0n) is 10.8. The second kappa shape index (κ2) is 6.53. The number of non-ortho nitro benzene ring substituents is 1. The zero-order chi connectivity index (χ0) is 14.4. The van der Waals surface area contributed by atoms with Gasteiger partial charge in [0.15, 0.2) is 0 Å². The molecule has 0 atom stereocenters. The average Bonchev–Trinajstić information content (AvgIpc) is 2.46. The number of nitro groups is 1. The van der Waals surface area contributed by atoms with E-state index in [1.54, 1.807) is 12.1 Å². The molecule has 6 nitrogen and oxygen atoms in total. The maximum atomic E-state index is 10.7. The second-order valence-electron chi connectivity index (χ2n) is 4.10. The molecule has 104 valence electrons. The molecule has 0 aliphatic heterocycles. The Kier molecular flexibility index (Phi) is 4.52. The third-order valence-corrected chi connectivity index (χ3v) is 2.57. The molecular weight excluding hydrogens is 258 g/mol. The summed E-state index contributed by atoms with van der Waals surface area (Å²) < 4.78 is 5.42. The molecule has 6 heteroatoms. The van der Waals surface area contributed by atoms with E-state index in [0.717, 1.165) is 5.69 Å². The predicted molar refractivity (Wildman–Crippen MR) is 77.4 cm³/mol.